The van der Waals surface area contributed by atoms with Gasteiger partial charge in [-0.05, 0) is 26.7 Å². The fourth-order valence-electron chi connectivity index (χ4n) is 0.707. The summed E-state index contributed by atoms with van der Waals surface area (Å²) in [5.41, 5.74) is 0. The molecule has 8 heteroatoms. The van der Waals surface area contributed by atoms with Gasteiger partial charge in [0.1, 0.15) is 0 Å². The first kappa shape index (κ1) is 13.2. The molecular weight excluding hydrogens is 300 g/mol. The SMILES string of the molecule is CP1SP(C)SP(C)SP(C)S1. The van der Waals surface area contributed by atoms with E-state index in [9.17, 15) is 0 Å². The van der Waals surface area contributed by atoms with Crippen molar-refractivity contribution < 1.29 is 0 Å². The first-order chi connectivity index (χ1) is 5.58. The van der Waals surface area contributed by atoms with Gasteiger partial charge in [0.15, 0.2) is 0 Å². The number of hydrogen-bond acceptors (Lipinski definition) is 4. The van der Waals surface area contributed by atoms with Crippen LogP contribution in [-0.4, -0.2) is 26.7 Å². The van der Waals surface area contributed by atoms with E-state index in [0.717, 1.165) is 0 Å². The molecule has 0 aromatic heterocycles. The van der Waals surface area contributed by atoms with E-state index >= 15 is 0 Å². The van der Waals surface area contributed by atoms with E-state index in [4.69, 9.17) is 0 Å². The molecule has 1 saturated heterocycles. The molecule has 0 amide bonds. The van der Waals surface area contributed by atoms with E-state index in [1.54, 1.807) is 0 Å². The summed E-state index contributed by atoms with van der Waals surface area (Å²) in [4.78, 5) is 0. The summed E-state index contributed by atoms with van der Waals surface area (Å²) in [6, 6.07) is 0. The van der Waals surface area contributed by atoms with Crippen LogP contribution in [0.3, 0.4) is 0 Å². The minimum Gasteiger partial charge on any atom is -0.0841 e. The summed E-state index contributed by atoms with van der Waals surface area (Å²) in [5, 5.41) is 0. The molecule has 0 spiro atoms. The molecule has 1 heterocycles. The van der Waals surface area contributed by atoms with Gasteiger partial charge in [-0.25, -0.2) is 0 Å². The first-order valence-electron chi connectivity index (χ1n) is 3.25. The molecule has 0 N–H and O–H groups in total. The van der Waals surface area contributed by atoms with Crippen molar-refractivity contribution in [2.45, 2.75) is 0 Å². The van der Waals surface area contributed by atoms with Crippen molar-refractivity contribution in [3.05, 3.63) is 0 Å². The molecule has 0 aromatic rings. The van der Waals surface area contributed by atoms with E-state index in [-0.39, 0.29) is 25.3 Å². The van der Waals surface area contributed by atoms with Gasteiger partial charge in [0.05, 0.1) is 0 Å². The van der Waals surface area contributed by atoms with Gasteiger partial charge in [-0.15, -0.1) is 0 Å². The van der Waals surface area contributed by atoms with Crippen LogP contribution < -0.4 is 0 Å². The van der Waals surface area contributed by atoms with E-state index in [1.165, 1.54) is 0 Å². The van der Waals surface area contributed by atoms with Crippen LogP contribution >= 0.6 is 69.3 Å². The van der Waals surface area contributed by atoms with E-state index in [1.807, 2.05) is 0 Å². The Bertz CT molecular complexity index is 107. The van der Waals surface area contributed by atoms with Crippen molar-refractivity contribution in [3.8, 4) is 0 Å². The molecule has 1 aliphatic rings. The Labute approximate surface area is 95.3 Å². The molecule has 0 radical (unpaired) electrons. The van der Waals surface area contributed by atoms with Crippen LogP contribution in [-0.2, 0) is 0 Å². The van der Waals surface area contributed by atoms with Gasteiger partial charge >= 0.3 is 0 Å². The van der Waals surface area contributed by atoms with Crippen LogP contribution in [0.15, 0.2) is 0 Å². The highest BCUT2D eigenvalue weighted by Crippen LogP contribution is 2.94. The molecule has 72 valence electrons. The highest BCUT2D eigenvalue weighted by atomic mass is 33.6. The second-order valence-electron chi connectivity index (χ2n) is 2.09. The van der Waals surface area contributed by atoms with E-state index < -0.39 is 0 Å². The molecule has 0 saturated carbocycles. The Hall–Kier alpha value is 3.12. The molecule has 0 bridgehead atoms. The zero-order valence-corrected chi connectivity index (χ0v) is 14.3. The average molecular weight is 312 g/mol. The lowest BCUT2D eigenvalue weighted by molar-refractivity contribution is 2.48. The number of hydrogen-bond donors (Lipinski definition) is 0. The third kappa shape index (κ3) is 5.27. The predicted octanol–water partition coefficient (Wildman–Crippen LogP) is 6.70. The molecule has 1 aliphatic heterocycles. The predicted molar refractivity (Wildman–Crippen MR) is 81.7 cm³/mol. The Kier molecular flexibility index (Phi) is 7.31. The maximum atomic E-state index is 2.42. The van der Waals surface area contributed by atoms with Crippen molar-refractivity contribution in [2.75, 3.05) is 26.7 Å². The standard InChI is InChI=1S/C4H12P4S4/c1-5-9-6(2)11-8(4)12-7(3)10-5/h1-4H3. The molecule has 0 aliphatic carbocycles. The summed E-state index contributed by atoms with van der Waals surface area (Å²) in [5.74, 6) is 0. The zero-order chi connectivity index (χ0) is 9.14. The van der Waals surface area contributed by atoms with E-state index in [0.29, 0.717) is 0 Å². The molecule has 1 rings (SSSR count). The summed E-state index contributed by atoms with van der Waals surface area (Å²) >= 11 is 9.03. The largest absolute Gasteiger partial charge is 0.0841 e. The van der Waals surface area contributed by atoms with Crippen LogP contribution in [0.2, 0.25) is 0 Å². The fraction of sp³-hybridized carbons (Fsp3) is 1.00. The molecule has 0 aromatic carbocycles. The summed E-state index contributed by atoms with van der Waals surface area (Å²) in [7, 11) is 0. The lowest BCUT2D eigenvalue weighted by Crippen LogP contribution is -1.61. The number of rotatable bonds is 0. The van der Waals surface area contributed by atoms with Crippen molar-refractivity contribution in [1.82, 2.24) is 0 Å². The summed E-state index contributed by atoms with van der Waals surface area (Å²) in [6.07, 6.45) is 0.906. The van der Waals surface area contributed by atoms with Gasteiger partial charge in [-0.3, -0.25) is 0 Å². The highest BCUT2D eigenvalue weighted by Gasteiger charge is 2.22. The Morgan fingerprint density at radius 2 is 0.667 bits per heavy atom. The highest BCUT2D eigenvalue weighted by molar-refractivity contribution is 9.35. The van der Waals surface area contributed by atoms with E-state index in [2.05, 4.69) is 70.7 Å². The fourth-order valence-corrected chi connectivity index (χ4v) is 58.1. The quantitative estimate of drug-likeness (QED) is 0.456. The Morgan fingerprint density at radius 1 is 0.500 bits per heavy atom. The van der Waals surface area contributed by atoms with Gasteiger partial charge in [-0.2, -0.15) is 0 Å². The molecule has 0 unspecified atom stereocenters. The lowest BCUT2D eigenvalue weighted by atomic mass is 12.0. The van der Waals surface area contributed by atoms with Crippen molar-refractivity contribution in [3.63, 3.8) is 0 Å². The maximum Gasteiger partial charge on any atom is 0.0205 e. The van der Waals surface area contributed by atoms with Crippen molar-refractivity contribution in [1.29, 1.82) is 0 Å². The van der Waals surface area contributed by atoms with Gasteiger partial charge in [-0.1, -0.05) is 44.0 Å². The van der Waals surface area contributed by atoms with Gasteiger partial charge < -0.3 is 0 Å². The summed E-state index contributed by atoms with van der Waals surface area (Å²) in [6.45, 7) is 9.69. The second-order valence-corrected chi connectivity index (χ2v) is 30.0. The summed E-state index contributed by atoms with van der Waals surface area (Å²) < 4.78 is 0. The minimum atomic E-state index is 0.227. The molecule has 0 atom stereocenters. The normalized spacial score (nSPS) is 45.0. The average Bonchev–Trinajstić information content (AvgIpc) is 1.81. The third-order valence-electron chi connectivity index (χ3n) is 0.920. The Balaban J connectivity index is 2.45. The molecule has 1 fully saturated rings. The lowest BCUT2D eigenvalue weighted by Gasteiger charge is -2.26. The van der Waals surface area contributed by atoms with Gasteiger partial charge in [0.25, 0.3) is 0 Å². The topological polar surface area (TPSA) is 0 Å². The van der Waals surface area contributed by atoms with Crippen LogP contribution in [0.4, 0.5) is 0 Å². The molecule has 0 nitrogen and oxygen atoms in total. The Morgan fingerprint density at radius 3 is 0.833 bits per heavy atom. The van der Waals surface area contributed by atoms with Crippen LogP contribution in [0, 0.1) is 0 Å². The maximum absolute atomic E-state index is 2.42. The van der Waals surface area contributed by atoms with Crippen LogP contribution in [0.25, 0.3) is 0 Å². The molecule has 12 heavy (non-hydrogen) atoms. The van der Waals surface area contributed by atoms with Crippen LogP contribution in [0.1, 0.15) is 0 Å². The smallest absolute Gasteiger partial charge is 0.0205 e. The van der Waals surface area contributed by atoms with Crippen molar-refractivity contribution >= 4 is 69.3 Å². The zero-order valence-electron chi connectivity index (χ0n) is 7.42. The van der Waals surface area contributed by atoms with Crippen LogP contribution in [0.5, 0.6) is 0 Å². The van der Waals surface area contributed by atoms with Crippen molar-refractivity contribution in [2.24, 2.45) is 0 Å². The minimum absolute atomic E-state index is 0.227. The monoisotopic (exact) mass is 312 g/mol. The van der Waals surface area contributed by atoms with Gasteiger partial charge in [0.2, 0.25) is 0 Å². The third-order valence-corrected chi connectivity index (χ3v) is 39.2. The first-order valence-corrected chi connectivity index (χ1v) is 18.5. The van der Waals surface area contributed by atoms with Gasteiger partial charge in [0, 0.05) is 25.3 Å². The molecular formula is C4H12P4S4. The second kappa shape index (κ2) is 6.65.